The summed E-state index contributed by atoms with van der Waals surface area (Å²) in [5.41, 5.74) is 0. The third kappa shape index (κ3) is 0.976. The Morgan fingerprint density at radius 1 is 1.62 bits per heavy atom. The Labute approximate surface area is 46.3 Å². The van der Waals surface area contributed by atoms with Gasteiger partial charge in [0.1, 0.15) is 11.4 Å². The van der Waals surface area contributed by atoms with Crippen LogP contribution in [0.25, 0.3) is 0 Å². The molecule has 0 aromatic heterocycles. The Morgan fingerprint density at radius 2 is 2.00 bits per heavy atom. The quantitative estimate of drug-likeness (QED) is 0.521. The van der Waals surface area contributed by atoms with E-state index in [0.717, 1.165) is 0 Å². The summed E-state index contributed by atoms with van der Waals surface area (Å²) in [6.07, 6.45) is -1.37. The van der Waals surface area contributed by atoms with E-state index in [9.17, 15) is 12.8 Å². The maximum atomic E-state index is 11.7. The van der Waals surface area contributed by atoms with E-state index >= 15 is 0 Å². The first kappa shape index (κ1) is 5.97. The van der Waals surface area contributed by atoms with Crippen LogP contribution in [-0.4, -0.2) is 24.4 Å². The van der Waals surface area contributed by atoms with Gasteiger partial charge in [0, 0.05) is 6.42 Å². The van der Waals surface area contributed by atoms with Gasteiger partial charge in [-0.3, -0.25) is 4.55 Å². The lowest BCUT2D eigenvalue weighted by Gasteiger charge is -1.84. The Morgan fingerprint density at radius 3 is 2.00 bits per heavy atom. The highest BCUT2D eigenvalue weighted by Crippen LogP contribution is 2.31. The predicted octanol–water partition coefficient (Wildman–Crippen LogP) is -0.0154. The molecule has 0 bridgehead atoms. The molecule has 0 spiro atoms. The van der Waals surface area contributed by atoms with Crippen LogP contribution >= 0.6 is 0 Å². The average molecular weight is 140 g/mol. The molecular formula is C3H5FO3S. The van der Waals surface area contributed by atoms with Crippen LogP contribution in [0.15, 0.2) is 0 Å². The van der Waals surface area contributed by atoms with Crippen molar-refractivity contribution in [1.82, 2.24) is 0 Å². The average Bonchev–Trinajstić information content (AvgIpc) is 2.13. The minimum Gasteiger partial charge on any atom is -0.285 e. The highest BCUT2D eigenvalue weighted by atomic mass is 32.2. The van der Waals surface area contributed by atoms with Gasteiger partial charge in [0.05, 0.1) is 0 Å². The zero-order valence-electron chi connectivity index (χ0n) is 3.91. The van der Waals surface area contributed by atoms with Gasteiger partial charge in [-0.25, -0.2) is 4.39 Å². The Kier molecular flexibility index (Phi) is 1.06. The molecule has 1 saturated carbocycles. The number of alkyl halides is 1. The van der Waals surface area contributed by atoms with Crippen LogP contribution in [0.5, 0.6) is 0 Å². The summed E-state index contributed by atoms with van der Waals surface area (Å²) in [6.45, 7) is 0. The topological polar surface area (TPSA) is 54.4 Å². The van der Waals surface area contributed by atoms with Crippen LogP contribution in [0.1, 0.15) is 6.42 Å². The molecule has 0 aliphatic heterocycles. The zero-order chi connectivity index (χ0) is 6.36. The van der Waals surface area contributed by atoms with Crippen LogP contribution in [0, 0.1) is 0 Å². The molecular weight excluding hydrogens is 135 g/mol. The molecule has 0 aromatic carbocycles. The van der Waals surface area contributed by atoms with Crippen molar-refractivity contribution in [3.63, 3.8) is 0 Å². The maximum absolute atomic E-state index is 11.7. The minimum absolute atomic E-state index is 0.0428. The van der Waals surface area contributed by atoms with E-state index in [0.29, 0.717) is 0 Å². The summed E-state index contributed by atoms with van der Waals surface area (Å²) in [7, 11) is -4.05. The molecule has 1 N–H and O–H groups in total. The van der Waals surface area contributed by atoms with Gasteiger partial charge < -0.3 is 0 Å². The van der Waals surface area contributed by atoms with Crippen LogP contribution in [0.4, 0.5) is 4.39 Å². The fraction of sp³-hybridized carbons (Fsp3) is 1.00. The van der Waals surface area contributed by atoms with E-state index in [4.69, 9.17) is 4.55 Å². The van der Waals surface area contributed by atoms with Crippen molar-refractivity contribution < 1.29 is 17.4 Å². The lowest BCUT2D eigenvalue weighted by molar-refractivity contribution is 0.452. The standard InChI is InChI=1S/C3H5FO3S/c4-2-1-3(2)8(5,6)7/h2-3H,1H2,(H,5,6,7)/t2-,3-/m1/s1. The molecule has 0 radical (unpaired) electrons. The van der Waals surface area contributed by atoms with Crippen molar-refractivity contribution in [1.29, 1.82) is 0 Å². The summed E-state index contributed by atoms with van der Waals surface area (Å²) >= 11 is 0. The second kappa shape index (κ2) is 1.41. The van der Waals surface area contributed by atoms with Crippen molar-refractivity contribution in [3.8, 4) is 0 Å². The molecule has 0 aromatic rings. The first-order valence-electron chi connectivity index (χ1n) is 2.12. The van der Waals surface area contributed by atoms with Crippen molar-refractivity contribution in [2.24, 2.45) is 0 Å². The molecule has 48 valence electrons. The highest BCUT2D eigenvalue weighted by Gasteiger charge is 2.47. The lowest BCUT2D eigenvalue weighted by Crippen LogP contribution is -2.06. The summed E-state index contributed by atoms with van der Waals surface area (Å²) in [5, 5.41) is -1.12. The molecule has 0 amide bonds. The fourth-order valence-corrected chi connectivity index (χ4v) is 1.25. The smallest absolute Gasteiger partial charge is 0.270 e. The summed E-state index contributed by atoms with van der Waals surface area (Å²) in [5.74, 6) is 0. The van der Waals surface area contributed by atoms with Crippen molar-refractivity contribution in [3.05, 3.63) is 0 Å². The third-order valence-corrected chi connectivity index (χ3v) is 2.29. The predicted molar refractivity (Wildman–Crippen MR) is 24.8 cm³/mol. The molecule has 0 heterocycles. The molecule has 1 fully saturated rings. The Balaban J connectivity index is 2.66. The second-order valence-electron chi connectivity index (χ2n) is 1.81. The zero-order valence-corrected chi connectivity index (χ0v) is 4.73. The second-order valence-corrected chi connectivity index (χ2v) is 3.44. The third-order valence-electron chi connectivity index (χ3n) is 1.04. The van der Waals surface area contributed by atoms with E-state index in [-0.39, 0.29) is 6.42 Å². The van der Waals surface area contributed by atoms with Gasteiger partial charge in [0.25, 0.3) is 10.1 Å². The van der Waals surface area contributed by atoms with Crippen LogP contribution in [0.2, 0.25) is 0 Å². The SMILES string of the molecule is O=S(=O)(O)[C@@H]1C[C@H]1F. The van der Waals surface area contributed by atoms with Crippen molar-refractivity contribution in [2.75, 3.05) is 0 Å². The summed E-state index contributed by atoms with van der Waals surface area (Å²) < 4.78 is 39.6. The van der Waals surface area contributed by atoms with Gasteiger partial charge in [-0.2, -0.15) is 8.42 Å². The molecule has 1 rings (SSSR count). The molecule has 0 unspecified atom stereocenters. The highest BCUT2D eigenvalue weighted by molar-refractivity contribution is 7.86. The minimum atomic E-state index is -4.05. The van der Waals surface area contributed by atoms with Gasteiger partial charge in [0.2, 0.25) is 0 Å². The van der Waals surface area contributed by atoms with Crippen molar-refractivity contribution in [2.45, 2.75) is 17.8 Å². The number of halogens is 1. The first-order valence-corrected chi connectivity index (χ1v) is 3.62. The number of hydrogen-bond donors (Lipinski definition) is 1. The van der Waals surface area contributed by atoms with Gasteiger partial charge in [-0.15, -0.1) is 0 Å². The largest absolute Gasteiger partial charge is 0.285 e. The van der Waals surface area contributed by atoms with Gasteiger partial charge in [-0.05, 0) is 0 Å². The van der Waals surface area contributed by atoms with E-state index in [1.54, 1.807) is 0 Å². The summed E-state index contributed by atoms with van der Waals surface area (Å²) in [6, 6.07) is 0. The normalized spacial score (nSPS) is 37.2. The monoisotopic (exact) mass is 140 g/mol. The molecule has 1 aliphatic carbocycles. The van der Waals surface area contributed by atoms with Gasteiger partial charge >= 0.3 is 0 Å². The molecule has 5 heteroatoms. The number of rotatable bonds is 1. The van der Waals surface area contributed by atoms with Crippen LogP contribution in [-0.2, 0) is 10.1 Å². The van der Waals surface area contributed by atoms with Crippen LogP contribution in [0.3, 0.4) is 0 Å². The lowest BCUT2D eigenvalue weighted by atomic mass is 10.9. The molecule has 0 saturated heterocycles. The fourth-order valence-electron chi connectivity index (χ4n) is 0.452. The molecule has 3 nitrogen and oxygen atoms in total. The van der Waals surface area contributed by atoms with Crippen LogP contribution < -0.4 is 0 Å². The van der Waals surface area contributed by atoms with Crippen molar-refractivity contribution >= 4 is 10.1 Å². The number of hydrogen-bond acceptors (Lipinski definition) is 2. The van der Waals surface area contributed by atoms with E-state index in [1.807, 2.05) is 0 Å². The molecule has 8 heavy (non-hydrogen) atoms. The Hall–Kier alpha value is -0.160. The maximum Gasteiger partial charge on any atom is 0.270 e. The van der Waals surface area contributed by atoms with E-state index in [2.05, 4.69) is 0 Å². The first-order chi connectivity index (χ1) is 3.52. The van der Waals surface area contributed by atoms with E-state index < -0.39 is 21.5 Å². The van der Waals surface area contributed by atoms with Gasteiger partial charge in [-0.1, -0.05) is 0 Å². The molecule has 2 atom stereocenters. The Bertz CT molecular complexity index is 185. The van der Waals surface area contributed by atoms with E-state index in [1.165, 1.54) is 0 Å². The summed E-state index contributed by atoms with van der Waals surface area (Å²) in [4.78, 5) is 0. The molecule has 1 aliphatic rings. The van der Waals surface area contributed by atoms with Gasteiger partial charge in [0.15, 0.2) is 0 Å².